The third-order valence-electron chi connectivity index (χ3n) is 2.14. The molecule has 17 heavy (non-hydrogen) atoms. The minimum Gasteiger partial charge on any atom is -0.308 e. The summed E-state index contributed by atoms with van der Waals surface area (Å²) in [6, 6.07) is 8.69. The molecule has 1 nitrogen and oxygen atoms in total. The molecular formula is C14H20BrNS. The molecule has 0 aliphatic heterocycles. The van der Waals surface area contributed by atoms with Crippen LogP contribution < -0.4 is 5.32 Å². The zero-order valence-corrected chi connectivity index (χ0v) is 13.1. The molecule has 0 aliphatic carbocycles. The van der Waals surface area contributed by atoms with Gasteiger partial charge in [-0.15, -0.1) is 11.8 Å². The summed E-state index contributed by atoms with van der Waals surface area (Å²) in [6.45, 7) is 11.3. The van der Waals surface area contributed by atoms with Crippen molar-refractivity contribution in [2.24, 2.45) is 0 Å². The predicted octanol–water partition coefficient (Wildman–Crippen LogP) is 4.58. The Hall–Kier alpha value is -0.250. The maximum Gasteiger partial charge on any atom is 0.0292 e. The molecule has 0 aromatic heterocycles. The Morgan fingerprint density at radius 3 is 2.35 bits per heavy atom. The molecule has 0 radical (unpaired) electrons. The first-order chi connectivity index (χ1) is 7.87. The van der Waals surface area contributed by atoms with Crippen LogP contribution in [0.1, 0.15) is 26.3 Å². The van der Waals surface area contributed by atoms with Crippen molar-refractivity contribution >= 4 is 27.7 Å². The lowest BCUT2D eigenvalue weighted by Crippen LogP contribution is -2.35. The van der Waals surface area contributed by atoms with E-state index in [1.54, 1.807) is 11.8 Å². The van der Waals surface area contributed by atoms with Gasteiger partial charge in [-0.3, -0.25) is 0 Å². The molecule has 0 spiro atoms. The topological polar surface area (TPSA) is 12.0 Å². The van der Waals surface area contributed by atoms with Gasteiger partial charge in [0, 0.05) is 22.7 Å². The average Bonchev–Trinajstić information content (AvgIpc) is 2.24. The summed E-state index contributed by atoms with van der Waals surface area (Å²) in [5.41, 5.74) is 1.49. The van der Waals surface area contributed by atoms with E-state index in [-0.39, 0.29) is 5.54 Å². The van der Waals surface area contributed by atoms with Gasteiger partial charge in [-0.05, 0) is 42.9 Å². The van der Waals surface area contributed by atoms with E-state index in [2.05, 4.69) is 72.9 Å². The highest BCUT2D eigenvalue weighted by atomic mass is 79.9. The first-order valence-corrected chi connectivity index (χ1v) is 7.45. The summed E-state index contributed by atoms with van der Waals surface area (Å²) in [6.07, 6.45) is 0. The second-order valence-electron chi connectivity index (χ2n) is 5.05. The fourth-order valence-corrected chi connectivity index (χ4v) is 2.23. The largest absolute Gasteiger partial charge is 0.308 e. The number of hydrogen-bond acceptors (Lipinski definition) is 2. The summed E-state index contributed by atoms with van der Waals surface area (Å²) in [7, 11) is 0. The van der Waals surface area contributed by atoms with Gasteiger partial charge < -0.3 is 5.32 Å². The van der Waals surface area contributed by atoms with Gasteiger partial charge in [0.05, 0.1) is 0 Å². The van der Waals surface area contributed by atoms with Crippen molar-refractivity contribution < 1.29 is 0 Å². The van der Waals surface area contributed by atoms with Crippen LogP contribution in [-0.2, 0) is 6.54 Å². The van der Waals surface area contributed by atoms with Gasteiger partial charge in [0.1, 0.15) is 0 Å². The minimum atomic E-state index is 0.168. The molecule has 1 N–H and O–H groups in total. The molecule has 0 fully saturated rings. The van der Waals surface area contributed by atoms with Crippen LogP contribution in [0.15, 0.2) is 40.2 Å². The standard InChI is InChI=1S/C14H20BrNS/c1-11(15)10-17-13-7-5-12(6-8-13)9-16-14(2,3)4/h5-8,16H,1,9-10H2,2-4H3. The van der Waals surface area contributed by atoms with Crippen molar-refractivity contribution in [3.05, 3.63) is 40.9 Å². The molecule has 0 unspecified atom stereocenters. The molecule has 1 rings (SSSR count). The van der Waals surface area contributed by atoms with Crippen LogP contribution in [0.3, 0.4) is 0 Å². The third-order valence-corrected chi connectivity index (χ3v) is 3.89. The number of rotatable bonds is 5. The number of halogens is 1. The zero-order chi connectivity index (χ0) is 12.9. The van der Waals surface area contributed by atoms with Crippen LogP contribution in [0.25, 0.3) is 0 Å². The molecule has 0 bridgehead atoms. The van der Waals surface area contributed by atoms with Gasteiger partial charge in [0.15, 0.2) is 0 Å². The van der Waals surface area contributed by atoms with Gasteiger partial charge in [0.25, 0.3) is 0 Å². The first kappa shape index (κ1) is 14.8. The highest BCUT2D eigenvalue weighted by Gasteiger charge is 2.07. The fraction of sp³-hybridized carbons (Fsp3) is 0.429. The van der Waals surface area contributed by atoms with Crippen molar-refractivity contribution in [3.8, 4) is 0 Å². The Morgan fingerprint density at radius 2 is 1.88 bits per heavy atom. The minimum absolute atomic E-state index is 0.168. The lowest BCUT2D eigenvalue weighted by molar-refractivity contribution is 0.424. The van der Waals surface area contributed by atoms with E-state index >= 15 is 0 Å². The monoisotopic (exact) mass is 313 g/mol. The summed E-state index contributed by atoms with van der Waals surface area (Å²) in [5, 5.41) is 3.48. The normalized spacial score (nSPS) is 11.5. The van der Waals surface area contributed by atoms with E-state index < -0.39 is 0 Å². The number of thioether (sulfide) groups is 1. The van der Waals surface area contributed by atoms with Crippen LogP contribution in [-0.4, -0.2) is 11.3 Å². The van der Waals surface area contributed by atoms with Crippen molar-refractivity contribution in [2.45, 2.75) is 37.8 Å². The number of nitrogens with one attached hydrogen (secondary N) is 1. The molecular weight excluding hydrogens is 294 g/mol. The lowest BCUT2D eigenvalue weighted by Gasteiger charge is -2.20. The van der Waals surface area contributed by atoms with E-state index in [9.17, 15) is 0 Å². The van der Waals surface area contributed by atoms with E-state index in [1.807, 2.05) is 0 Å². The second kappa shape index (κ2) is 6.62. The molecule has 0 saturated heterocycles. The Balaban J connectivity index is 2.47. The molecule has 0 heterocycles. The van der Waals surface area contributed by atoms with Gasteiger partial charge in [-0.2, -0.15) is 0 Å². The van der Waals surface area contributed by atoms with Crippen LogP contribution in [0.2, 0.25) is 0 Å². The molecule has 3 heteroatoms. The predicted molar refractivity (Wildman–Crippen MR) is 81.8 cm³/mol. The van der Waals surface area contributed by atoms with Crippen molar-refractivity contribution in [1.82, 2.24) is 5.32 Å². The average molecular weight is 314 g/mol. The van der Waals surface area contributed by atoms with Crippen LogP contribution in [0.5, 0.6) is 0 Å². The highest BCUT2D eigenvalue weighted by Crippen LogP contribution is 2.22. The Labute approximate surface area is 117 Å². The summed E-state index contributed by atoms with van der Waals surface area (Å²) < 4.78 is 1.03. The SMILES string of the molecule is C=C(Br)CSc1ccc(CNC(C)(C)C)cc1. The maximum atomic E-state index is 3.83. The Bertz CT molecular complexity index is 365. The smallest absolute Gasteiger partial charge is 0.0292 e. The van der Waals surface area contributed by atoms with Crippen molar-refractivity contribution in [1.29, 1.82) is 0 Å². The van der Waals surface area contributed by atoms with Crippen molar-refractivity contribution in [2.75, 3.05) is 5.75 Å². The van der Waals surface area contributed by atoms with Gasteiger partial charge >= 0.3 is 0 Å². The summed E-state index contributed by atoms with van der Waals surface area (Å²) >= 11 is 5.16. The van der Waals surface area contributed by atoms with E-state index in [4.69, 9.17) is 0 Å². The first-order valence-electron chi connectivity index (χ1n) is 5.67. The molecule has 1 aromatic rings. The molecule has 0 aliphatic rings. The maximum absolute atomic E-state index is 3.83. The third kappa shape index (κ3) is 6.92. The molecule has 94 valence electrons. The Morgan fingerprint density at radius 1 is 1.29 bits per heavy atom. The fourth-order valence-electron chi connectivity index (χ4n) is 1.23. The van der Waals surface area contributed by atoms with E-state index in [0.717, 1.165) is 16.8 Å². The van der Waals surface area contributed by atoms with Crippen LogP contribution in [0, 0.1) is 0 Å². The number of benzene rings is 1. The number of hydrogen-bond donors (Lipinski definition) is 1. The van der Waals surface area contributed by atoms with Crippen LogP contribution in [0.4, 0.5) is 0 Å². The summed E-state index contributed by atoms with van der Waals surface area (Å²) in [5.74, 6) is 0.916. The van der Waals surface area contributed by atoms with Gasteiger partial charge in [-0.25, -0.2) is 0 Å². The van der Waals surface area contributed by atoms with Gasteiger partial charge in [-0.1, -0.05) is 34.6 Å². The lowest BCUT2D eigenvalue weighted by atomic mass is 10.1. The molecule has 0 saturated carbocycles. The zero-order valence-electron chi connectivity index (χ0n) is 10.7. The van der Waals surface area contributed by atoms with Crippen molar-refractivity contribution in [3.63, 3.8) is 0 Å². The van der Waals surface area contributed by atoms with E-state index in [1.165, 1.54) is 10.5 Å². The van der Waals surface area contributed by atoms with Crippen LogP contribution >= 0.6 is 27.7 Å². The second-order valence-corrected chi connectivity index (χ2v) is 7.22. The quantitative estimate of drug-likeness (QED) is 0.799. The summed E-state index contributed by atoms with van der Waals surface area (Å²) in [4.78, 5) is 1.28. The highest BCUT2D eigenvalue weighted by molar-refractivity contribution is 9.11. The van der Waals surface area contributed by atoms with E-state index in [0.29, 0.717) is 0 Å². The van der Waals surface area contributed by atoms with Gasteiger partial charge in [0.2, 0.25) is 0 Å². The molecule has 0 amide bonds. The molecule has 0 atom stereocenters. The Kier molecular flexibility index (Phi) is 5.77. The molecule has 1 aromatic carbocycles.